The molecule has 0 saturated carbocycles. The van der Waals surface area contributed by atoms with Gasteiger partial charge in [-0.2, -0.15) is 0 Å². The second-order valence-corrected chi connectivity index (χ2v) is 6.63. The maximum atomic E-state index is 12.5. The number of rotatable bonds is 6. The molecule has 2 aromatic heterocycles. The molecular weight excluding hydrogens is 350 g/mol. The number of anilines is 2. The van der Waals surface area contributed by atoms with E-state index < -0.39 is 0 Å². The molecular formula is C22H21N5O. The topological polar surface area (TPSA) is 82.7 Å². The Morgan fingerprint density at radius 3 is 2.89 bits per heavy atom. The summed E-state index contributed by atoms with van der Waals surface area (Å²) in [6.07, 6.45) is 4.44. The largest absolute Gasteiger partial charge is 0.361 e. The van der Waals surface area contributed by atoms with Crippen LogP contribution in [0, 0.1) is 6.92 Å². The third-order valence-corrected chi connectivity index (χ3v) is 4.52. The molecule has 0 bridgehead atoms. The highest BCUT2D eigenvalue weighted by atomic mass is 16.1. The molecule has 1 amide bonds. The van der Waals surface area contributed by atoms with Crippen LogP contribution in [0.15, 0.2) is 67.0 Å². The van der Waals surface area contributed by atoms with Crippen LogP contribution < -0.4 is 10.6 Å². The summed E-state index contributed by atoms with van der Waals surface area (Å²) in [6.45, 7) is 2.65. The second-order valence-electron chi connectivity index (χ2n) is 6.63. The van der Waals surface area contributed by atoms with Crippen molar-refractivity contribution in [2.24, 2.45) is 0 Å². The minimum atomic E-state index is -0.257. The molecule has 0 aliphatic heterocycles. The van der Waals surface area contributed by atoms with Gasteiger partial charge in [-0.3, -0.25) is 4.79 Å². The zero-order chi connectivity index (χ0) is 19.3. The molecule has 6 nitrogen and oxygen atoms in total. The van der Waals surface area contributed by atoms with E-state index in [2.05, 4.69) is 37.7 Å². The van der Waals surface area contributed by atoms with Crippen LogP contribution in [0.2, 0.25) is 0 Å². The Balaban J connectivity index is 1.39. The number of benzene rings is 2. The molecule has 4 aromatic rings. The summed E-state index contributed by atoms with van der Waals surface area (Å²) in [6, 6.07) is 17.5. The van der Waals surface area contributed by atoms with Crippen LogP contribution >= 0.6 is 0 Å². The van der Waals surface area contributed by atoms with Gasteiger partial charge in [0.15, 0.2) is 0 Å². The molecule has 0 unspecified atom stereocenters. The van der Waals surface area contributed by atoms with Gasteiger partial charge in [-0.15, -0.1) is 0 Å². The molecule has 3 N–H and O–H groups in total. The van der Waals surface area contributed by atoms with Gasteiger partial charge in [-0.05, 0) is 48.7 Å². The summed E-state index contributed by atoms with van der Waals surface area (Å²) >= 11 is 0. The van der Waals surface area contributed by atoms with E-state index in [1.165, 1.54) is 10.9 Å². The molecule has 4 rings (SSSR count). The Morgan fingerprint density at radius 2 is 2.00 bits per heavy atom. The Kier molecular flexibility index (Phi) is 5.01. The molecule has 6 heteroatoms. The van der Waals surface area contributed by atoms with Crippen molar-refractivity contribution in [2.45, 2.75) is 13.3 Å². The van der Waals surface area contributed by atoms with E-state index >= 15 is 0 Å². The van der Waals surface area contributed by atoms with Crippen molar-refractivity contribution in [2.75, 3.05) is 17.2 Å². The molecule has 28 heavy (non-hydrogen) atoms. The first-order valence-electron chi connectivity index (χ1n) is 9.19. The lowest BCUT2D eigenvalue weighted by Gasteiger charge is -2.08. The number of aryl methyl sites for hydroxylation is 1. The number of nitrogens with one attached hydrogen (secondary N) is 3. The fourth-order valence-electron chi connectivity index (χ4n) is 3.14. The van der Waals surface area contributed by atoms with Crippen molar-refractivity contribution in [3.63, 3.8) is 0 Å². The molecule has 140 valence electrons. The highest BCUT2D eigenvalue weighted by molar-refractivity contribution is 6.03. The number of amides is 1. The normalized spacial score (nSPS) is 10.8. The van der Waals surface area contributed by atoms with Crippen molar-refractivity contribution in [1.82, 2.24) is 15.0 Å². The highest BCUT2D eigenvalue weighted by Gasteiger charge is 2.10. The van der Waals surface area contributed by atoms with Gasteiger partial charge in [0.25, 0.3) is 5.91 Å². The Morgan fingerprint density at radius 1 is 1.11 bits per heavy atom. The van der Waals surface area contributed by atoms with Crippen LogP contribution in [0.25, 0.3) is 10.9 Å². The molecule has 2 aromatic carbocycles. The predicted molar refractivity (Wildman–Crippen MR) is 112 cm³/mol. The van der Waals surface area contributed by atoms with Crippen LogP contribution in [-0.2, 0) is 6.42 Å². The van der Waals surface area contributed by atoms with Crippen LogP contribution in [0.5, 0.6) is 0 Å². The summed E-state index contributed by atoms with van der Waals surface area (Å²) < 4.78 is 0. The SMILES string of the molecule is Cc1cccc(NC(=O)c2ccnc(NCCc3c[nH]c4ccccc34)n2)c1. The first kappa shape index (κ1) is 17.7. The molecule has 0 saturated heterocycles. The first-order valence-corrected chi connectivity index (χ1v) is 9.19. The monoisotopic (exact) mass is 371 g/mol. The van der Waals surface area contributed by atoms with Gasteiger partial charge in [0.1, 0.15) is 5.69 Å². The summed E-state index contributed by atoms with van der Waals surface area (Å²) in [4.78, 5) is 24.3. The van der Waals surface area contributed by atoms with Crippen molar-refractivity contribution in [1.29, 1.82) is 0 Å². The lowest BCUT2D eigenvalue weighted by molar-refractivity contribution is 0.102. The smallest absolute Gasteiger partial charge is 0.274 e. The van der Waals surface area contributed by atoms with Crippen molar-refractivity contribution in [3.05, 3.63) is 83.8 Å². The number of H-pyrrole nitrogens is 1. The number of hydrogen-bond donors (Lipinski definition) is 3. The van der Waals surface area contributed by atoms with Crippen LogP contribution in [0.1, 0.15) is 21.6 Å². The van der Waals surface area contributed by atoms with Crippen LogP contribution in [0.4, 0.5) is 11.6 Å². The quantitative estimate of drug-likeness (QED) is 0.475. The maximum absolute atomic E-state index is 12.5. The van der Waals surface area contributed by atoms with Crippen LogP contribution in [0.3, 0.4) is 0 Å². The molecule has 0 atom stereocenters. The lowest BCUT2D eigenvalue weighted by atomic mass is 10.1. The number of aromatic nitrogens is 3. The number of hydrogen-bond acceptors (Lipinski definition) is 4. The summed E-state index contributed by atoms with van der Waals surface area (Å²) in [5.74, 6) is 0.185. The van der Waals surface area contributed by atoms with E-state index in [1.807, 2.05) is 49.5 Å². The lowest BCUT2D eigenvalue weighted by Crippen LogP contribution is -2.16. The first-order chi connectivity index (χ1) is 13.7. The number of aromatic amines is 1. The second kappa shape index (κ2) is 7.92. The molecule has 2 heterocycles. The Bertz CT molecular complexity index is 1120. The van der Waals surface area contributed by atoms with Crippen LogP contribution in [-0.4, -0.2) is 27.4 Å². The van der Waals surface area contributed by atoms with Gasteiger partial charge >= 0.3 is 0 Å². The van der Waals surface area contributed by atoms with E-state index in [-0.39, 0.29) is 5.91 Å². The summed E-state index contributed by atoms with van der Waals surface area (Å²) in [7, 11) is 0. The molecule has 0 spiro atoms. The minimum Gasteiger partial charge on any atom is -0.361 e. The van der Waals surface area contributed by atoms with Crippen molar-refractivity contribution >= 4 is 28.4 Å². The Hall–Kier alpha value is -3.67. The average molecular weight is 371 g/mol. The standard InChI is InChI=1S/C22H21N5O/c1-15-5-4-6-17(13-15)26-21(28)20-10-12-24-22(27-20)23-11-9-16-14-25-19-8-3-2-7-18(16)19/h2-8,10,12-14,25H,9,11H2,1H3,(H,26,28)(H,23,24,27). The van der Waals surface area contributed by atoms with E-state index in [4.69, 9.17) is 0 Å². The van der Waals surface area contributed by atoms with E-state index in [0.29, 0.717) is 18.2 Å². The number of para-hydroxylation sites is 1. The number of carbonyl (C=O) groups is 1. The fraction of sp³-hybridized carbons (Fsp3) is 0.136. The number of fused-ring (bicyclic) bond motifs is 1. The maximum Gasteiger partial charge on any atom is 0.274 e. The molecule has 0 aliphatic rings. The van der Waals surface area contributed by atoms with Crippen molar-refractivity contribution < 1.29 is 4.79 Å². The third-order valence-electron chi connectivity index (χ3n) is 4.52. The van der Waals surface area contributed by atoms with E-state index in [0.717, 1.165) is 23.2 Å². The highest BCUT2D eigenvalue weighted by Crippen LogP contribution is 2.18. The van der Waals surface area contributed by atoms with Gasteiger partial charge in [-0.1, -0.05) is 30.3 Å². The van der Waals surface area contributed by atoms with Gasteiger partial charge < -0.3 is 15.6 Å². The summed E-state index contributed by atoms with van der Waals surface area (Å²) in [5, 5.41) is 7.28. The fourth-order valence-corrected chi connectivity index (χ4v) is 3.14. The third kappa shape index (κ3) is 4.01. The number of carbonyl (C=O) groups excluding carboxylic acids is 1. The molecule has 0 fully saturated rings. The zero-order valence-corrected chi connectivity index (χ0v) is 15.6. The van der Waals surface area contributed by atoms with Crippen molar-refractivity contribution in [3.8, 4) is 0 Å². The van der Waals surface area contributed by atoms with E-state index in [1.54, 1.807) is 12.3 Å². The van der Waals surface area contributed by atoms with Gasteiger partial charge in [0, 0.05) is 35.5 Å². The molecule has 0 radical (unpaired) electrons. The van der Waals surface area contributed by atoms with Gasteiger partial charge in [-0.25, -0.2) is 9.97 Å². The zero-order valence-electron chi connectivity index (χ0n) is 15.6. The number of nitrogens with zero attached hydrogens (tertiary/aromatic N) is 2. The average Bonchev–Trinajstić information content (AvgIpc) is 3.11. The summed E-state index contributed by atoms with van der Waals surface area (Å²) in [5.41, 5.74) is 4.52. The van der Waals surface area contributed by atoms with E-state index in [9.17, 15) is 4.79 Å². The minimum absolute atomic E-state index is 0.257. The molecule has 0 aliphatic carbocycles. The van der Waals surface area contributed by atoms with Gasteiger partial charge in [0.05, 0.1) is 0 Å². The Labute approximate surface area is 163 Å². The predicted octanol–water partition coefficient (Wildman–Crippen LogP) is 4.17. The van der Waals surface area contributed by atoms with Gasteiger partial charge in [0.2, 0.25) is 5.95 Å².